The highest BCUT2D eigenvalue weighted by atomic mass is 16.1. The first kappa shape index (κ1) is 10.4. The second-order valence-electron chi connectivity index (χ2n) is 5.02. The van der Waals surface area contributed by atoms with Gasteiger partial charge in [0.1, 0.15) is 0 Å². The van der Waals surface area contributed by atoms with Gasteiger partial charge in [-0.25, -0.2) is 0 Å². The van der Waals surface area contributed by atoms with Crippen LogP contribution in [0.4, 0.5) is 5.69 Å². The smallest absolute Gasteiger partial charge is 0.258 e. The first-order valence-electron chi connectivity index (χ1n) is 6.04. The van der Waals surface area contributed by atoms with Gasteiger partial charge in [0, 0.05) is 23.8 Å². The number of rotatable bonds is 2. The maximum atomic E-state index is 12.3. The van der Waals surface area contributed by atoms with E-state index in [4.69, 9.17) is 5.73 Å². The third kappa shape index (κ3) is 1.82. The van der Waals surface area contributed by atoms with E-state index < -0.39 is 0 Å². The molecule has 1 aromatic carbocycles. The van der Waals surface area contributed by atoms with Gasteiger partial charge in [-0.2, -0.15) is 0 Å². The number of benzene rings is 1. The van der Waals surface area contributed by atoms with Gasteiger partial charge < -0.3 is 10.3 Å². The van der Waals surface area contributed by atoms with E-state index in [2.05, 4.69) is 0 Å². The molecule has 0 bridgehead atoms. The molecule has 0 amide bonds. The highest BCUT2D eigenvalue weighted by molar-refractivity contribution is 5.87. The molecule has 1 heterocycles. The van der Waals surface area contributed by atoms with E-state index in [1.54, 1.807) is 6.07 Å². The number of aryl methyl sites for hydroxylation is 1. The molecule has 1 aliphatic rings. The molecule has 0 spiro atoms. The Morgan fingerprint density at radius 1 is 1.35 bits per heavy atom. The van der Waals surface area contributed by atoms with Crippen LogP contribution in [-0.2, 0) is 6.54 Å². The number of hydrogen-bond donors (Lipinski definition) is 1. The minimum Gasteiger partial charge on any atom is -0.399 e. The molecule has 0 aliphatic heterocycles. The lowest BCUT2D eigenvalue weighted by atomic mass is 10.1. The number of nitrogen functional groups attached to an aromatic ring is 1. The van der Waals surface area contributed by atoms with E-state index in [-0.39, 0.29) is 5.56 Å². The molecule has 2 aromatic rings. The largest absolute Gasteiger partial charge is 0.399 e. The van der Waals surface area contributed by atoms with Crippen molar-refractivity contribution in [1.82, 2.24) is 4.57 Å². The predicted octanol–water partition coefficient (Wildman–Crippen LogP) is 2.30. The fourth-order valence-corrected chi connectivity index (χ4v) is 2.31. The summed E-state index contributed by atoms with van der Waals surface area (Å²) >= 11 is 0. The fraction of sp³-hybridized carbons (Fsp3) is 0.357. The van der Waals surface area contributed by atoms with Crippen LogP contribution in [-0.4, -0.2) is 4.57 Å². The Morgan fingerprint density at radius 2 is 2.12 bits per heavy atom. The van der Waals surface area contributed by atoms with Crippen LogP contribution in [0.15, 0.2) is 29.2 Å². The van der Waals surface area contributed by atoms with Crippen molar-refractivity contribution in [3.8, 4) is 0 Å². The van der Waals surface area contributed by atoms with E-state index in [0.717, 1.165) is 22.9 Å². The Bertz CT molecular complexity index is 638. The summed E-state index contributed by atoms with van der Waals surface area (Å²) in [6.07, 6.45) is 4.47. The van der Waals surface area contributed by atoms with Gasteiger partial charge in [-0.15, -0.1) is 0 Å². The summed E-state index contributed by atoms with van der Waals surface area (Å²) < 4.78 is 1.84. The van der Waals surface area contributed by atoms with Gasteiger partial charge in [-0.05, 0) is 48.8 Å². The van der Waals surface area contributed by atoms with Crippen molar-refractivity contribution in [3.05, 3.63) is 40.3 Å². The maximum Gasteiger partial charge on any atom is 0.258 e. The summed E-state index contributed by atoms with van der Waals surface area (Å²) in [4.78, 5) is 12.3. The molecule has 0 atom stereocenters. The average Bonchev–Trinajstić information content (AvgIpc) is 3.09. The van der Waals surface area contributed by atoms with Crippen molar-refractivity contribution in [2.45, 2.75) is 26.3 Å². The predicted molar refractivity (Wildman–Crippen MR) is 70.1 cm³/mol. The van der Waals surface area contributed by atoms with Crippen LogP contribution in [0.2, 0.25) is 0 Å². The zero-order chi connectivity index (χ0) is 12.0. The molecule has 1 fully saturated rings. The Labute approximate surface area is 99.9 Å². The topological polar surface area (TPSA) is 48.0 Å². The van der Waals surface area contributed by atoms with E-state index in [0.29, 0.717) is 11.6 Å². The molecule has 1 saturated carbocycles. The summed E-state index contributed by atoms with van der Waals surface area (Å²) in [6.45, 7) is 2.89. The molecule has 3 rings (SSSR count). The second kappa shape index (κ2) is 3.62. The standard InChI is InChI=1S/C14H16N2O/c1-9-7-16(8-10-2-3-10)14(17)13-6-11(15)4-5-12(9)13/h4-7,10H,2-3,8,15H2,1H3. The van der Waals surface area contributed by atoms with Gasteiger partial charge >= 0.3 is 0 Å². The lowest BCUT2D eigenvalue weighted by molar-refractivity contribution is 0.609. The van der Waals surface area contributed by atoms with Gasteiger partial charge in [0.05, 0.1) is 0 Å². The molecular weight excluding hydrogens is 212 g/mol. The van der Waals surface area contributed by atoms with Crippen molar-refractivity contribution in [2.75, 3.05) is 5.73 Å². The molecule has 0 saturated heterocycles. The van der Waals surface area contributed by atoms with Crippen molar-refractivity contribution < 1.29 is 0 Å². The van der Waals surface area contributed by atoms with Gasteiger partial charge in [0.25, 0.3) is 5.56 Å². The number of nitrogens with two attached hydrogens (primary N) is 1. The quantitative estimate of drug-likeness (QED) is 0.802. The molecule has 3 heteroatoms. The van der Waals surface area contributed by atoms with Crippen molar-refractivity contribution >= 4 is 16.5 Å². The molecule has 0 unspecified atom stereocenters. The van der Waals surface area contributed by atoms with Crippen LogP contribution in [0.25, 0.3) is 10.8 Å². The monoisotopic (exact) mass is 228 g/mol. The molecule has 3 nitrogen and oxygen atoms in total. The minimum atomic E-state index is 0.0878. The van der Waals surface area contributed by atoms with Crippen LogP contribution in [0.1, 0.15) is 18.4 Å². The van der Waals surface area contributed by atoms with Crippen LogP contribution in [0, 0.1) is 12.8 Å². The summed E-state index contributed by atoms with van der Waals surface area (Å²) in [6, 6.07) is 5.57. The first-order valence-corrected chi connectivity index (χ1v) is 6.04. The fourth-order valence-electron chi connectivity index (χ4n) is 2.31. The second-order valence-corrected chi connectivity index (χ2v) is 5.02. The third-order valence-electron chi connectivity index (χ3n) is 3.46. The van der Waals surface area contributed by atoms with Gasteiger partial charge in [0.2, 0.25) is 0 Å². The van der Waals surface area contributed by atoms with Crippen LogP contribution in [0.5, 0.6) is 0 Å². The Kier molecular flexibility index (Phi) is 2.21. The van der Waals surface area contributed by atoms with Crippen LogP contribution >= 0.6 is 0 Å². The summed E-state index contributed by atoms with van der Waals surface area (Å²) in [7, 11) is 0. The first-order chi connectivity index (χ1) is 8.15. The van der Waals surface area contributed by atoms with Gasteiger partial charge in [-0.3, -0.25) is 4.79 Å². The van der Waals surface area contributed by atoms with E-state index in [1.807, 2.05) is 29.8 Å². The lowest BCUT2D eigenvalue weighted by Crippen LogP contribution is -2.21. The summed E-state index contributed by atoms with van der Waals surface area (Å²) in [5, 5.41) is 1.75. The number of hydrogen-bond acceptors (Lipinski definition) is 2. The summed E-state index contributed by atoms with van der Waals surface area (Å²) in [5.41, 5.74) is 7.64. The highest BCUT2D eigenvalue weighted by Gasteiger charge is 2.22. The van der Waals surface area contributed by atoms with E-state index in [1.165, 1.54) is 12.8 Å². The zero-order valence-corrected chi connectivity index (χ0v) is 9.94. The SMILES string of the molecule is Cc1cn(CC2CC2)c(=O)c2cc(N)ccc12. The van der Waals surface area contributed by atoms with Gasteiger partial charge in [0.15, 0.2) is 0 Å². The normalized spacial score (nSPS) is 15.4. The Morgan fingerprint density at radius 3 is 2.82 bits per heavy atom. The third-order valence-corrected chi connectivity index (χ3v) is 3.46. The van der Waals surface area contributed by atoms with Crippen molar-refractivity contribution in [1.29, 1.82) is 0 Å². The molecule has 17 heavy (non-hydrogen) atoms. The van der Waals surface area contributed by atoms with Gasteiger partial charge in [-0.1, -0.05) is 6.07 Å². The van der Waals surface area contributed by atoms with Crippen molar-refractivity contribution in [3.63, 3.8) is 0 Å². The highest BCUT2D eigenvalue weighted by Crippen LogP contribution is 2.30. The maximum absolute atomic E-state index is 12.3. The molecule has 88 valence electrons. The average molecular weight is 228 g/mol. The molecule has 1 aromatic heterocycles. The van der Waals surface area contributed by atoms with E-state index >= 15 is 0 Å². The van der Waals surface area contributed by atoms with Crippen molar-refractivity contribution in [2.24, 2.45) is 5.92 Å². The molecule has 2 N–H and O–H groups in total. The zero-order valence-electron chi connectivity index (χ0n) is 9.94. The Hall–Kier alpha value is -1.77. The number of anilines is 1. The summed E-state index contributed by atoms with van der Waals surface area (Å²) in [5.74, 6) is 0.700. The lowest BCUT2D eigenvalue weighted by Gasteiger charge is -2.09. The van der Waals surface area contributed by atoms with E-state index in [9.17, 15) is 4.79 Å². The molecular formula is C14H16N2O. The number of pyridine rings is 1. The minimum absolute atomic E-state index is 0.0878. The van der Waals surface area contributed by atoms with Crippen LogP contribution in [0.3, 0.4) is 0 Å². The number of fused-ring (bicyclic) bond motifs is 1. The van der Waals surface area contributed by atoms with Crippen LogP contribution < -0.4 is 11.3 Å². The molecule has 0 radical (unpaired) electrons. The Balaban J connectivity index is 2.24. The number of aromatic nitrogens is 1. The molecule has 1 aliphatic carbocycles. The number of nitrogens with zero attached hydrogens (tertiary/aromatic N) is 1.